The Bertz CT molecular complexity index is 1640. The molecule has 4 aromatic rings. The predicted molar refractivity (Wildman–Crippen MR) is 175 cm³/mol. The number of fused-ring (bicyclic) bond motifs is 1. The van der Waals surface area contributed by atoms with Crippen molar-refractivity contribution in [1.82, 2.24) is 10.3 Å². The monoisotopic (exact) mass is 698 g/mol. The normalized spacial score (nSPS) is 14.0. The van der Waals surface area contributed by atoms with Gasteiger partial charge >= 0.3 is 12.1 Å². The molecule has 3 aromatic carbocycles. The first-order valence-corrected chi connectivity index (χ1v) is 14.8. The highest BCUT2D eigenvalue weighted by Gasteiger charge is 2.30. The van der Waals surface area contributed by atoms with Crippen LogP contribution in [-0.2, 0) is 30.4 Å². The number of aromatic nitrogens is 1. The average molecular weight is 700 g/mol. The van der Waals surface area contributed by atoms with Crippen LogP contribution in [0.15, 0.2) is 72.8 Å². The Balaban J connectivity index is 0.00000288. The SMILES string of the molecule is CCOC(=O)c1ccc2c(n1)CCCC2NCCc1cc(F)ccc1OCc1ccc(-c2ccc(C(F)(F)F)cc2)cc1Cl.Cl.Cl. The molecule has 46 heavy (non-hydrogen) atoms. The second kappa shape index (κ2) is 16.5. The van der Waals surface area contributed by atoms with E-state index < -0.39 is 17.7 Å². The van der Waals surface area contributed by atoms with Crippen LogP contribution >= 0.6 is 36.4 Å². The zero-order valence-electron chi connectivity index (χ0n) is 24.8. The van der Waals surface area contributed by atoms with Gasteiger partial charge in [-0.2, -0.15) is 13.2 Å². The molecule has 1 heterocycles. The van der Waals surface area contributed by atoms with E-state index in [2.05, 4.69) is 10.3 Å². The molecule has 0 spiro atoms. The molecule has 1 aliphatic carbocycles. The Labute approximate surface area is 282 Å². The van der Waals surface area contributed by atoms with E-state index in [-0.39, 0.29) is 43.3 Å². The maximum absolute atomic E-state index is 14.2. The lowest BCUT2D eigenvalue weighted by atomic mass is 9.91. The molecule has 1 atom stereocenters. The van der Waals surface area contributed by atoms with Crippen molar-refractivity contribution in [3.05, 3.63) is 117 Å². The molecule has 1 aromatic heterocycles. The molecule has 5 nitrogen and oxygen atoms in total. The van der Waals surface area contributed by atoms with Crippen LogP contribution in [0.1, 0.15) is 64.2 Å². The van der Waals surface area contributed by atoms with Gasteiger partial charge in [0.1, 0.15) is 23.9 Å². The van der Waals surface area contributed by atoms with Gasteiger partial charge in [0, 0.05) is 22.3 Å². The molecule has 246 valence electrons. The van der Waals surface area contributed by atoms with Crippen molar-refractivity contribution in [2.24, 2.45) is 0 Å². The minimum absolute atomic E-state index is 0. The number of hydrogen-bond donors (Lipinski definition) is 1. The Morgan fingerprint density at radius 3 is 2.41 bits per heavy atom. The van der Waals surface area contributed by atoms with Gasteiger partial charge in [0.2, 0.25) is 0 Å². The van der Waals surface area contributed by atoms with Crippen molar-refractivity contribution in [2.75, 3.05) is 13.2 Å². The number of alkyl halides is 3. The number of esters is 1. The number of pyridine rings is 1. The van der Waals surface area contributed by atoms with E-state index in [1.165, 1.54) is 24.3 Å². The van der Waals surface area contributed by atoms with Gasteiger partial charge in [0.05, 0.1) is 12.2 Å². The highest BCUT2D eigenvalue weighted by Crippen LogP contribution is 2.33. The van der Waals surface area contributed by atoms with Crippen molar-refractivity contribution in [2.45, 2.75) is 51.4 Å². The van der Waals surface area contributed by atoms with Gasteiger partial charge in [-0.3, -0.25) is 0 Å². The molecule has 0 radical (unpaired) electrons. The van der Waals surface area contributed by atoms with E-state index in [9.17, 15) is 22.4 Å². The molecule has 0 saturated heterocycles. The van der Waals surface area contributed by atoms with E-state index in [0.717, 1.165) is 42.7 Å². The van der Waals surface area contributed by atoms with Gasteiger partial charge in [-0.05, 0) is 104 Å². The third-order valence-corrected chi connectivity index (χ3v) is 7.92. The van der Waals surface area contributed by atoms with Crippen LogP contribution in [0.2, 0.25) is 5.02 Å². The summed E-state index contributed by atoms with van der Waals surface area (Å²) in [7, 11) is 0. The number of benzene rings is 3. The summed E-state index contributed by atoms with van der Waals surface area (Å²) in [6.45, 7) is 2.74. The molecule has 1 aliphatic rings. The van der Waals surface area contributed by atoms with Crippen LogP contribution in [0.5, 0.6) is 5.75 Å². The van der Waals surface area contributed by atoms with Gasteiger partial charge < -0.3 is 14.8 Å². The summed E-state index contributed by atoms with van der Waals surface area (Å²) in [6.07, 6.45) is -1.26. The first kappa shape index (κ1) is 37.1. The van der Waals surface area contributed by atoms with Crippen LogP contribution in [0.3, 0.4) is 0 Å². The van der Waals surface area contributed by atoms with E-state index in [1.807, 2.05) is 6.07 Å². The second-order valence-electron chi connectivity index (χ2n) is 10.5. The topological polar surface area (TPSA) is 60.5 Å². The van der Waals surface area contributed by atoms with Crippen molar-refractivity contribution >= 4 is 42.4 Å². The van der Waals surface area contributed by atoms with Gasteiger partial charge in [0.25, 0.3) is 0 Å². The van der Waals surface area contributed by atoms with Gasteiger partial charge in [-0.15, -0.1) is 24.8 Å². The lowest BCUT2D eigenvalue weighted by molar-refractivity contribution is -0.137. The van der Waals surface area contributed by atoms with Crippen LogP contribution in [-0.4, -0.2) is 24.1 Å². The Morgan fingerprint density at radius 1 is 0.978 bits per heavy atom. The fourth-order valence-electron chi connectivity index (χ4n) is 5.31. The third-order valence-electron chi connectivity index (χ3n) is 7.57. The van der Waals surface area contributed by atoms with Crippen LogP contribution in [0.4, 0.5) is 17.6 Å². The molecule has 0 bridgehead atoms. The summed E-state index contributed by atoms with van der Waals surface area (Å²) in [5.41, 5.74) is 4.19. The minimum Gasteiger partial charge on any atom is -0.489 e. The fraction of sp³-hybridized carbons (Fsp3) is 0.294. The summed E-state index contributed by atoms with van der Waals surface area (Å²) in [6, 6.07) is 18.2. The molecule has 1 unspecified atom stereocenters. The molecule has 5 rings (SSSR count). The van der Waals surface area contributed by atoms with Crippen molar-refractivity contribution in [3.63, 3.8) is 0 Å². The molecular formula is C34H33Cl3F4N2O3. The number of ether oxygens (including phenoxy) is 2. The molecule has 0 aliphatic heterocycles. The van der Waals surface area contributed by atoms with Gasteiger partial charge in [-0.25, -0.2) is 14.2 Å². The number of halogens is 7. The lowest BCUT2D eigenvalue weighted by Crippen LogP contribution is -2.28. The number of carbonyl (C=O) groups excluding carboxylic acids is 1. The highest BCUT2D eigenvalue weighted by atomic mass is 35.5. The zero-order chi connectivity index (χ0) is 31.3. The number of aryl methyl sites for hydroxylation is 1. The van der Waals surface area contributed by atoms with E-state index >= 15 is 0 Å². The summed E-state index contributed by atoms with van der Waals surface area (Å²) in [5, 5.41) is 3.95. The van der Waals surface area contributed by atoms with Crippen LogP contribution in [0.25, 0.3) is 11.1 Å². The number of nitrogens with zero attached hydrogens (tertiary/aromatic N) is 1. The summed E-state index contributed by atoms with van der Waals surface area (Å²) in [5.74, 6) is -0.272. The summed E-state index contributed by atoms with van der Waals surface area (Å²) in [4.78, 5) is 16.6. The third kappa shape index (κ3) is 9.12. The molecule has 0 saturated carbocycles. The van der Waals surface area contributed by atoms with Crippen molar-refractivity contribution in [3.8, 4) is 16.9 Å². The van der Waals surface area contributed by atoms with Gasteiger partial charge in [-0.1, -0.05) is 41.9 Å². The second-order valence-corrected chi connectivity index (χ2v) is 10.9. The maximum Gasteiger partial charge on any atom is 0.416 e. The number of nitrogens with one attached hydrogen (secondary N) is 1. The largest absolute Gasteiger partial charge is 0.489 e. The summed E-state index contributed by atoms with van der Waals surface area (Å²) < 4.78 is 64.0. The Morgan fingerprint density at radius 2 is 1.72 bits per heavy atom. The molecule has 12 heteroatoms. The standard InChI is InChI=1S/C34H31ClF4N2O3.2ClH/c1-2-43-33(42)31-14-13-27-29(4-3-5-30(27)41-31)40-17-16-23-18-26(36)12-15-32(23)44-20-24-7-6-22(19-28(24)35)21-8-10-25(11-9-21)34(37,38)39;;/h6-15,18-19,29,40H,2-5,16-17,20H2,1H3;2*1H. The average Bonchev–Trinajstić information content (AvgIpc) is 3.00. The molecule has 0 fully saturated rings. The smallest absolute Gasteiger partial charge is 0.416 e. The highest BCUT2D eigenvalue weighted by molar-refractivity contribution is 6.31. The zero-order valence-corrected chi connectivity index (χ0v) is 27.2. The van der Waals surface area contributed by atoms with E-state index in [1.54, 1.807) is 37.3 Å². The number of hydrogen-bond acceptors (Lipinski definition) is 5. The fourth-order valence-corrected chi connectivity index (χ4v) is 5.54. The van der Waals surface area contributed by atoms with E-state index in [0.29, 0.717) is 58.3 Å². The lowest BCUT2D eigenvalue weighted by Gasteiger charge is -2.26. The first-order valence-electron chi connectivity index (χ1n) is 14.4. The quantitative estimate of drug-likeness (QED) is 0.132. The number of carbonyl (C=O) groups is 1. The Kier molecular flexibility index (Phi) is 13.3. The molecule has 0 amide bonds. The Hall–Kier alpha value is -3.37. The van der Waals surface area contributed by atoms with Crippen molar-refractivity contribution in [1.29, 1.82) is 0 Å². The number of rotatable bonds is 10. The predicted octanol–water partition coefficient (Wildman–Crippen LogP) is 9.37. The van der Waals surface area contributed by atoms with Crippen LogP contribution in [0, 0.1) is 5.82 Å². The maximum atomic E-state index is 14.2. The molecular weight excluding hydrogens is 667 g/mol. The van der Waals surface area contributed by atoms with Crippen molar-refractivity contribution < 1.29 is 31.8 Å². The van der Waals surface area contributed by atoms with Gasteiger partial charge in [0.15, 0.2) is 0 Å². The first-order chi connectivity index (χ1) is 21.1. The summed E-state index contributed by atoms with van der Waals surface area (Å²) >= 11 is 6.51. The van der Waals surface area contributed by atoms with Crippen LogP contribution < -0.4 is 10.1 Å². The van der Waals surface area contributed by atoms with E-state index in [4.69, 9.17) is 21.1 Å². The minimum atomic E-state index is -4.40. The molecule has 1 N–H and O–H groups in total.